The summed E-state index contributed by atoms with van der Waals surface area (Å²) in [5.74, 6) is 0. The van der Waals surface area contributed by atoms with Gasteiger partial charge in [-0.05, 0) is 41.9 Å². The Morgan fingerprint density at radius 3 is 2.40 bits per heavy atom. The lowest BCUT2D eigenvalue weighted by atomic mass is 10.3. The SMILES string of the molecule is CON1C(=O)N(c2ccccc2Br)SN(C(C)C)C1=O. The van der Waals surface area contributed by atoms with Gasteiger partial charge in [-0.1, -0.05) is 12.1 Å². The number of imide groups is 1. The predicted octanol–water partition coefficient (Wildman–Crippen LogP) is 3.65. The maximum Gasteiger partial charge on any atom is 0.369 e. The number of hydroxylamine groups is 2. The highest BCUT2D eigenvalue weighted by atomic mass is 79.9. The van der Waals surface area contributed by atoms with E-state index in [-0.39, 0.29) is 6.04 Å². The smallest absolute Gasteiger partial charge is 0.264 e. The monoisotopic (exact) mass is 359 g/mol. The van der Waals surface area contributed by atoms with E-state index in [4.69, 9.17) is 4.84 Å². The molecule has 6 nitrogen and oxygen atoms in total. The Morgan fingerprint density at radius 1 is 1.20 bits per heavy atom. The van der Waals surface area contributed by atoms with Gasteiger partial charge in [0, 0.05) is 10.5 Å². The number of nitrogens with zero attached hydrogens (tertiary/aromatic N) is 3. The number of carbonyl (C=O) groups is 2. The normalized spacial score (nSPS) is 16.4. The van der Waals surface area contributed by atoms with E-state index in [1.807, 2.05) is 32.0 Å². The van der Waals surface area contributed by atoms with Crippen molar-refractivity contribution < 1.29 is 14.4 Å². The quantitative estimate of drug-likeness (QED) is 0.773. The van der Waals surface area contributed by atoms with Crippen molar-refractivity contribution in [1.29, 1.82) is 0 Å². The third-order valence-corrected chi connectivity index (χ3v) is 4.54. The van der Waals surface area contributed by atoms with Crippen LogP contribution >= 0.6 is 28.1 Å². The lowest BCUT2D eigenvalue weighted by Gasteiger charge is -2.39. The zero-order valence-corrected chi connectivity index (χ0v) is 13.6. The molecule has 108 valence electrons. The van der Waals surface area contributed by atoms with Gasteiger partial charge in [-0.2, -0.15) is 0 Å². The number of carbonyl (C=O) groups excluding carboxylic acids is 2. The number of hydrogen-bond donors (Lipinski definition) is 0. The topological polar surface area (TPSA) is 53.1 Å². The molecule has 0 radical (unpaired) electrons. The molecule has 4 amide bonds. The van der Waals surface area contributed by atoms with E-state index < -0.39 is 12.1 Å². The first-order valence-corrected chi connectivity index (χ1v) is 7.43. The lowest BCUT2D eigenvalue weighted by molar-refractivity contribution is -0.0517. The Balaban J connectivity index is 2.40. The van der Waals surface area contributed by atoms with E-state index in [1.54, 1.807) is 6.07 Å². The summed E-state index contributed by atoms with van der Waals surface area (Å²) in [7, 11) is 1.29. The fourth-order valence-electron chi connectivity index (χ4n) is 1.65. The zero-order valence-electron chi connectivity index (χ0n) is 11.2. The third kappa shape index (κ3) is 2.63. The van der Waals surface area contributed by atoms with E-state index in [0.29, 0.717) is 5.69 Å². The van der Waals surface area contributed by atoms with Gasteiger partial charge < -0.3 is 0 Å². The molecule has 1 fully saturated rings. The van der Waals surface area contributed by atoms with E-state index >= 15 is 0 Å². The fourth-order valence-corrected chi connectivity index (χ4v) is 3.13. The molecule has 0 unspecified atom stereocenters. The predicted molar refractivity (Wildman–Crippen MR) is 80.8 cm³/mol. The summed E-state index contributed by atoms with van der Waals surface area (Å²) >= 11 is 4.46. The molecule has 2 rings (SSSR count). The molecule has 0 saturated carbocycles. The highest BCUT2D eigenvalue weighted by molar-refractivity contribution is 9.10. The van der Waals surface area contributed by atoms with Gasteiger partial charge in [0.25, 0.3) is 0 Å². The van der Waals surface area contributed by atoms with Crippen LogP contribution in [0.1, 0.15) is 13.8 Å². The van der Waals surface area contributed by atoms with Crippen LogP contribution in [0.4, 0.5) is 15.3 Å². The molecule has 1 aliphatic rings. The minimum atomic E-state index is -0.536. The van der Waals surface area contributed by atoms with Gasteiger partial charge >= 0.3 is 12.1 Å². The van der Waals surface area contributed by atoms with Crippen molar-refractivity contribution in [3.8, 4) is 0 Å². The lowest BCUT2D eigenvalue weighted by Crippen LogP contribution is -2.55. The highest BCUT2D eigenvalue weighted by Crippen LogP contribution is 2.37. The zero-order chi connectivity index (χ0) is 14.9. The van der Waals surface area contributed by atoms with Gasteiger partial charge in [-0.3, -0.25) is 4.84 Å². The highest BCUT2D eigenvalue weighted by Gasteiger charge is 2.41. The van der Waals surface area contributed by atoms with E-state index in [0.717, 1.165) is 21.7 Å². The van der Waals surface area contributed by atoms with Gasteiger partial charge in [-0.15, -0.1) is 5.06 Å². The molecule has 0 atom stereocenters. The van der Waals surface area contributed by atoms with Crippen LogP contribution in [0.15, 0.2) is 28.7 Å². The molecule has 0 N–H and O–H groups in total. The largest absolute Gasteiger partial charge is 0.369 e. The van der Waals surface area contributed by atoms with Crippen molar-refractivity contribution >= 4 is 45.8 Å². The van der Waals surface area contributed by atoms with E-state index in [9.17, 15) is 9.59 Å². The molecular formula is C12H14BrN3O3S. The molecule has 1 heterocycles. The summed E-state index contributed by atoms with van der Waals surface area (Å²) in [6, 6.07) is 6.19. The number of benzene rings is 1. The number of hydrogen-bond acceptors (Lipinski definition) is 4. The minimum Gasteiger partial charge on any atom is -0.264 e. The molecule has 0 bridgehead atoms. The van der Waals surface area contributed by atoms with Crippen LogP contribution in [0.3, 0.4) is 0 Å². The van der Waals surface area contributed by atoms with Crippen LogP contribution in [0.5, 0.6) is 0 Å². The summed E-state index contributed by atoms with van der Waals surface area (Å²) in [6.07, 6.45) is 0. The van der Waals surface area contributed by atoms with Crippen molar-refractivity contribution in [3.63, 3.8) is 0 Å². The van der Waals surface area contributed by atoms with Crippen LogP contribution in [-0.4, -0.2) is 34.6 Å². The molecule has 1 aliphatic heterocycles. The van der Waals surface area contributed by atoms with Gasteiger partial charge in [0.2, 0.25) is 0 Å². The number of amides is 4. The van der Waals surface area contributed by atoms with Crippen molar-refractivity contribution in [2.24, 2.45) is 0 Å². The number of urea groups is 2. The Kier molecular flexibility index (Phi) is 4.56. The number of halogens is 1. The van der Waals surface area contributed by atoms with E-state index in [1.165, 1.54) is 15.7 Å². The fraction of sp³-hybridized carbons (Fsp3) is 0.333. The molecule has 20 heavy (non-hydrogen) atoms. The number of anilines is 1. The van der Waals surface area contributed by atoms with Gasteiger partial charge in [0.05, 0.1) is 24.9 Å². The molecule has 0 spiro atoms. The average Bonchev–Trinajstić information content (AvgIpc) is 2.40. The molecule has 1 aromatic carbocycles. The molecule has 1 aromatic rings. The third-order valence-electron chi connectivity index (χ3n) is 2.60. The van der Waals surface area contributed by atoms with Crippen molar-refractivity contribution in [2.45, 2.75) is 19.9 Å². The van der Waals surface area contributed by atoms with Crippen LogP contribution in [0.2, 0.25) is 0 Å². The molecular weight excluding hydrogens is 346 g/mol. The Morgan fingerprint density at radius 2 is 1.85 bits per heavy atom. The summed E-state index contributed by atoms with van der Waals surface area (Å²) in [5.41, 5.74) is 0.655. The van der Waals surface area contributed by atoms with Crippen LogP contribution in [0.25, 0.3) is 0 Å². The maximum absolute atomic E-state index is 12.3. The molecule has 1 saturated heterocycles. The van der Waals surface area contributed by atoms with Crippen molar-refractivity contribution in [3.05, 3.63) is 28.7 Å². The van der Waals surface area contributed by atoms with Crippen LogP contribution in [0, 0.1) is 0 Å². The first-order chi connectivity index (χ1) is 9.47. The molecule has 0 aromatic heterocycles. The second-order valence-corrected chi connectivity index (χ2v) is 6.07. The Labute approximate surface area is 130 Å². The van der Waals surface area contributed by atoms with Gasteiger partial charge in [0.15, 0.2) is 0 Å². The molecule has 0 aliphatic carbocycles. The number of para-hydroxylation sites is 1. The first-order valence-electron chi connectivity index (χ1n) is 5.91. The van der Waals surface area contributed by atoms with Crippen LogP contribution in [-0.2, 0) is 4.84 Å². The van der Waals surface area contributed by atoms with Crippen molar-refractivity contribution in [1.82, 2.24) is 9.37 Å². The van der Waals surface area contributed by atoms with Gasteiger partial charge in [-0.25, -0.2) is 18.2 Å². The van der Waals surface area contributed by atoms with E-state index in [2.05, 4.69) is 15.9 Å². The first kappa shape index (κ1) is 15.1. The molecule has 8 heteroatoms. The Hall–Kier alpha value is -1.25. The van der Waals surface area contributed by atoms with Crippen LogP contribution < -0.4 is 4.31 Å². The summed E-state index contributed by atoms with van der Waals surface area (Å²) in [4.78, 5) is 29.4. The standard InChI is InChI=1S/C12H14BrN3O3S/c1-8(2)15-11(17)14(19-3)12(18)16(20-15)10-7-5-4-6-9(10)13/h4-8H,1-3H3. The summed E-state index contributed by atoms with van der Waals surface area (Å²) in [6.45, 7) is 3.74. The van der Waals surface area contributed by atoms with Crippen molar-refractivity contribution in [2.75, 3.05) is 11.4 Å². The maximum atomic E-state index is 12.3. The minimum absolute atomic E-state index is 0.0803. The second kappa shape index (κ2) is 6.02. The second-order valence-electron chi connectivity index (χ2n) is 4.29. The summed E-state index contributed by atoms with van der Waals surface area (Å²) < 4.78 is 3.65. The summed E-state index contributed by atoms with van der Waals surface area (Å²) in [5, 5.41) is 0.746. The Bertz CT molecular complexity index is 540. The van der Waals surface area contributed by atoms with Gasteiger partial charge in [0.1, 0.15) is 0 Å². The number of rotatable bonds is 3. The average molecular weight is 360 g/mol.